The van der Waals surface area contributed by atoms with Crippen LogP contribution in [-0.2, 0) is 6.18 Å². The molecule has 33 heavy (non-hydrogen) atoms. The van der Waals surface area contributed by atoms with Crippen LogP contribution in [0.1, 0.15) is 26.4 Å². The minimum atomic E-state index is -4.62. The molecule has 0 radical (unpaired) electrons. The van der Waals surface area contributed by atoms with Gasteiger partial charge in [0.25, 0.3) is 17.4 Å². The number of nitrogens with one attached hydrogen (secondary N) is 3. The molecule has 0 saturated carbocycles. The highest BCUT2D eigenvalue weighted by atomic mass is 19.4. The summed E-state index contributed by atoms with van der Waals surface area (Å²) in [7, 11) is 0. The van der Waals surface area contributed by atoms with Crippen molar-refractivity contribution in [2.75, 3.05) is 36.4 Å². The second-order valence-corrected chi connectivity index (χ2v) is 7.23. The van der Waals surface area contributed by atoms with E-state index in [1.165, 1.54) is 35.2 Å². The summed E-state index contributed by atoms with van der Waals surface area (Å²) in [5.41, 5.74) is -1.71. The van der Waals surface area contributed by atoms with Gasteiger partial charge >= 0.3 is 6.18 Å². The van der Waals surface area contributed by atoms with Gasteiger partial charge in [-0.3, -0.25) is 24.6 Å². The fraction of sp³-hybridized carbons (Fsp3) is 0.250. The second kappa shape index (κ2) is 8.76. The van der Waals surface area contributed by atoms with Gasteiger partial charge in [0.2, 0.25) is 0 Å². The molecule has 0 spiro atoms. The van der Waals surface area contributed by atoms with E-state index in [-0.39, 0.29) is 30.2 Å². The molecular formula is C20H18F3N7O3. The lowest BCUT2D eigenvalue weighted by Gasteiger charge is -2.35. The standard InChI is InChI=1S/C20H18F3N7O3/c21-20(22,23)13-4-2-1-3-12(13)19(33)30-9-7-29(8-10-30)16-6-5-14(25-27-16)18(32)24-15-11-17(31)28-26-15/h1-6,11H,7-10H2,(H3,24,26,28,31,32). The Hall–Kier alpha value is -4.16. The van der Waals surface area contributed by atoms with Crippen LogP contribution in [-0.4, -0.2) is 63.3 Å². The third-order valence-corrected chi connectivity index (χ3v) is 5.08. The highest BCUT2D eigenvalue weighted by Crippen LogP contribution is 2.32. The SMILES string of the molecule is O=C(Nc1cc(=O)[nH][nH]1)c1ccc(N2CCN(C(=O)c3ccccc3C(F)(F)F)CC2)nn1. The number of benzene rings is 1. The molecule has 0 aliphatic carbocycles. The Morgan fingerprint density at radius 1 is 0.970 bits per heavy atom. The zero-order valence-electron chi connectivity index (χ0n) is 17.0. The van der Waals surface area contributed by atoms with E-state index >= 15 is 0 Å². The summed E-state index contributed by atoms with van der Waals surface area (Å²) >= 11 is 0. The topological polar surface area (TPSA) is 127 Å². The van der Waals surface area contributed by atoms with Crippen LogP contribution in [0.3, 0.4) is 0 Å². The minimum Gasteiger partial charge on any atom is -0.352 e. The Labute approximate surface area is 184 Å². The first kappa shape index (κ1) is 22.0. The largest absolute Gasteiger partial charge is 0.417 e. The summed E-state index contributed by atoms with van der Waals surface area (Å²) < 4.78 is 39.7. The van der Waals surface area contributed by atoms with Gasteiger partial charge in [0.15, 0.2) is 11.5 Å². The first-order valence-electron chi connectivity index (χ1n) is 9.85. The lowest BCUT2D eigenvalue weighted by Crippen LogP contribution is -2.49. The van der Waals surface area contributed by atoms with E-state index in [2.05, 4.69) is 25.7 Å². The second-order valence-electron chi connectivity index (χ2n) is 7.23. The number of carbonyl (C=O) groups excluding carboxylic acids is 2. The molecule has 2 amide bonds. The van der Waals surface area contributed by atoms with Crippen molar-refractivity contribution in [3.05, 3.63) is 69.6 Å². The Bertz CT molecular complexity index is 1210. The molecule has 0 bridgehead atoms. The van der Waals surface area contributed by atoms with E-state index in [1.54, 1.807) is 6.07 Å². The molecule has 3 N–H and O–H groups in total. The van der Waals surface area contributed by atoms with Crippen LogP contribution in [0.4, 0.5) is 24.8 Å². The van der Waals surface area contributed by atoms with Gasteiger partial charge in [-0.15, -0.1) is 10.2 Å². The number of aromatic nitrogens is 4. The number of H-pyrrole nitrogens is 2. The maximum absolute atomic E-state index is 13.2. The first-order valence-corrected chi connectivity index (χ1v) is 9.85. The maximum atomic E-state index is 13.2. The zero-order chi connectivity index (χ0) is 23.6. The summed E-state index contributed by atoms with van der Waals surface area (Å²) in [5, 5.41) is 15.1. The van der Waals surface area contributed by atoms with E-state index in [4.69, 9.17) is 0 Å². The van der Waals surface area contributed by atoms with Crippen LogP contribution in [0, 0.1) is 0 Å². The number of anilines is 2. The van der Waals surface area contributed by atoms with Crippen molar-refractivity contribution >= 4 is 23.5 Å². The summed E-state index contributed by atoms with van der Waals surface area (Å²) in [6, 6.07) is 8.93. The number of hydrogen-bond donors (Lipinski definition) is 3. The number of halogens is 3. The smallest absolute Gasteiger partial charge is 0.352 e. The van der Waals surface area contributed by atoms with Crippen LogP contribution in [0.15, 0.2) is 47.3 Å². The van der Waals surface area contributed by atoms with Crippen molar-refractivity contribution in [3.8, 4) is 0 Å². The van der Waals surface area contributed by atoms with E-state index in [9.17, 15) is 27.6 Å². The summed E-state index contributed by atoms with van der Waals surface area (Å²) in [6.45, 7) is 1.08. The number of carbonyl (C=O) groups is 2. The highest BCUT2D eigenvalue weighted by Gasteiger charge is 2.36. The first-order chi connectivity index (χ1) is 15.7. The molecule has 1 aliphatic rings. The Balaban J connectivity index is 1.38. The molecule has 1 aliphatic heterocycles. The van der Waals surface area contributed by atoms with Gasteiger partial charge in [0, 0.05) is 32.2 Å². The van der Waals surface area contributed by atoms with Crippen molar-refractivity contribution in [1.29, 1.82) is 0 Å². The number of piperazine rings is 1. The molecule has 13 heteroatoms. The van der Waals surface area contributed by atoms with Gasteiger partial charge in [-0.1, -0.05) is 12.1 Å². The molecule has 10 nitrogen and oxygen atoms in total. The molecule has 0 atom stereocenters. The van der Waals surface area contributed by atoms with Crippen LogP contribution in [0.5, 0.6) is 0 Å². The third kappa shape index (κ3) is 4.86. The minimum absolute atomic E-state index is 0.0263. The quantitative estimate of drug-likeness (QED) is 0.543. The monoisotopic (exact) mass is 461 g/mol. The molecule has 1 aromatic carbocycles. The van der Waals surface area contributed by atoms with E-state index in [0.29, 0.717) is 18.9 Å². The molecule has 2 aromatic heterocycles. The van der Waals surface area contributed by atoms with E-state index in [0.717, 1.165) is 6.07 Å². The number of alkyl halides is 3. The molecule has 172 valence electrons. The lowest BCUT2D eigenvalue weighted by molar-refractivity contribution is -0.138. The van der Waals surface area contributed by atoms with Crippen LogP contribution in [0.25, 0.3) is 0 Å². The van der Waals surface area contributed by atoms with Crippen LogP contribution < -0.4 is 15.8 Å². The highest BCUT2D eigenvalue weighted by molar-refractivity contribution is 6.02. The molecule has 3 heterocycles. The summed E-state index contributed by atoms with van der Waals surface area (Å²) in [6.07, 6.45) is -4.62. The molecule has 4 rings (SSSR count). The molecular weight excluding hydrogens is 443 g/mol. The van der Waals surface area contributed by atoms with Crippen LogP contribution in [0.2, 0.25) is 0 Å². The Morgan fingerprint density at radius 2 is 1.70 bits per heavy atom. The van der Waals surface area contributed by atoms with Gasteiger partial charge < -0.3 is 15.1 Å². The van der Waals surface area contributed by atoms with Crippen molar-refractivity contribution in [3.63, 3.8) is 0 Å². The van der Waals surface area contributed by atoms with E-state index < -0.39 is 29.1 Å². The van der Waals surface area contributed by atoms with Crippen molar-refractivity contribution in [2.24, 2.45) is 0 Å². The van der Waals surface area contributed by atoms with Gasteiger partial charge in [0.05, 0.1) is 11.1 Å². The summed E-state index contributed by atoms with van der Waals surface area (Å²) in [4.78, 5) is 39.1. The zero-order valence-corrected chi connectivity index (χ0v) is 17.0. The average Bonchev–Trinajstić information content (AvgIpc) is 3.22. The predicted molar refractivity (Wildman–Crippen MR) is 111 cm³/mol. The normalized spacial score (nSPS) is 14.3. The molecule has 1 saturated heterocycles. The summed E-state index contributed by atoms with van der Waals surface area (Å²) in [5.74, 6) is -0.598. The van der Waals surface area contributed by atoms with Gasteiger partial charge in [-0.05, 0) is 24.3 Å². The lowest BCUT2D eigenvalue weighted by atomic mass is 10.1. The average molecular weight is 461 g/mol. The number of nitrogens with zero attached hydrogens (tertiary/aromatic N) is 4. The third-order valence-electron chi connectivity index (χ3n) is 5.08. The number of amides is 2. The molecule has 0 unspecified atom stereocenters. The molecule has 1 fully saturated rings. The maximum Gasteiger partial charge on any atom is 0.417 e. The number of hydrogen-bond acceptors (Lipinski definition) is 6. The van der Waals surface area contributed by atoms with Crippen LogP contribution >= 0.6 is 0 Å². The van der Waals surface area contributed by atoms with Gasteiger partial charge in [-0.2, -0.15) is 13.2 Å². The number of aromatic amines is 2. The van der Waals surface area contributed by atoms with Gasteiger partial charge in [0.1, 0.15) is 5.82 Å². The van der Waals surface area contributed by atoms with Crippen molar-refractivity contribution in [2.45, 2.75) is 6.18 Å². The molecule has 3 aromatic rings. The fourth-order valence-electron chi connectivity index (χ4n) is 3.43. The van der Waals surface area contributed by atoms with Crippen molar-refractivity contribution in [1.82, 2.24) is 25.3 Å². The van der Waals surface area contributed by atoms with E-state index in [1.807, 2.05) is 4.90 Å². The predicted octanol–water partition coefficient (Wildman–Crippen LogP) is 1.73. The fourth-order valence-corrected chi connectivity index (χ4v) is 3.43. The Kier molecular flexibility index (Phi) is 5.85. The Morgan fingerprint density at radius 3 is 2.30 bits per heavy atom. The van der Waals surface area contributed by atoms with Crippen molar-refractivity contribution < 1.29 is 22.8 Å². The number of rotatable bonds is 4. The van der Waals surface area contributed by atoms with Gasteiger partial charge in [-0.25, -0.2) is 0 Å².